The van der Waals surface area contributed by atoms with E-state index in [1.165, 1.54) is 19.1 Å². The van der Waals surface area contributed by atoms with Crippen molar-refractivity contribution in [2.75, 3.05) is 0 Å². The van der Waals surface area contributed by atoms with Crippen molar-refractivity contribution in [3.8, 4) is 5.69 Å². The molecule has 0 aliphatic heterocycles. The number of fused-ring (bicyclic) bond motifs is 3. The van der Waals surface area contributed by atoms with Gasteiger partial charge in [-0.2, -0.15) is 4.72 Å². The maximum Gasteiger partial charge on any atom is 0.325 e. The third-order valence-electron chi connectivity index (χ3n) is 5.27. The number of nitrogens with zero attached hydrogens (tertiary/aromatic N) is 3. The molecule has 2 aromatic heterocycles. The molecule has 0 fully saturated rings. The summed E-state index contributed by atoms with van der Waals surface area (Å²) in [6.07, 6.45) is 1.92. The lowest BCUT2D eigenvalue weighted by atomic mass is 10.1. The Labute approximate surface area is 198 Å². The Balaban J connectivity index is 1.70. The molecule has 0 bridgehead atoms. The molecule has 0 aliphatic carbocycles. The van der Waals surface area contributed by atoms with Crippen molar-refractivity contribution >= 4 is 46.0 Å². The van der Waals surface area contributed by atoms with Crippen molar-refractivity contribution in [2.45, 2.75) is 43.5 Å². The van der Waals surface area contributed by atoms with E-state index in [-0.39, 0.29) is 10.5 Å². The van der Waals surface area contributed by atoms with Gasteiger partial charge in [0.2, 0.25) is 10.0 Å². The van der Waals surface area contributed by atoms with Crippen LogP contribution in [0.4, 0.5) is 0 Å². The molecule has 4 aromatic rings. The molecule has 2 heterocycles. The van der Waals surface area contributed by atoms with Gasteiger partial charge < -0.3 is 9.52 Å². The van der Waals surface area contributed by atoms with E-state index in [0.29, 0.717) is 16.6 Å². The highest BCUT2D eigenvalue weighted by Crippen LogP contribution is 2.32. The van der Waals surface area contributed by atoms with E-state index in [1.807, 2.05) is 24.4 Å². The van der Waals surface area contributed by atoms with Gasteiger partial charge in [-0.25, -0.2) is 13.1 Å². The number of hydrogen-bond donors (Lipinski definition) is 2. The predicted octanol–water partition coefficient (Wildman–Crippen LogP) is 3.89. The fourth-order valence-electron chi connectivity index (χ4n) is 3.69. The zero-order valence-corrected chi connectivity index (χ0v) is 21.2. The maximum atomic E-state index is 12.8. The van der Waals surface area contributed by atoms with Gasteiger partial charge in [-0.05, 0) is 43.3 Å². The fraction of sp³-hybridized carbons (Fsp3) is 0.261. The first-order chi connectivity index (χ1) is 15.8. The summed E-state index contributed by atoms with van der Waals surface area (Å²) in [4.78, 5) is 11.3. The highest BCUT2D eigenvalue weighted by atomic mass is 32.2. The normalized spacial score (nSPS) is 13.4. The average Bonchev–Trinajstić information content (AvgIpc) is 3.33. The summed E-state index contributed by atoms with van der Waals surface area (Å²) in [6.45, 7) is 11.8. The summed E-state index contributed by atoms with van der Waals surface area (Å²) in [6, 6.07) is 9.46. The number of carboxylic acid groups (broad SMARTS) is 1. The molecule has 2 aromatic carbocycles. The molecule has 11 heteroatoms. The van der Waals surface area contributed by atoms with Gasteiger partial charge >= 0.3 is 5.97 Å². The molecular weight excluding hydrogens is 472 g/mol. The van der Waals surface area contributed by atoms with Crippen LogP contribution < -0.4 is 4.72 Å². The Hall–Kier alpha value is -3.28. The van der Waals surface area contributed by atoms with Gasteiger partial charge in [0.1, 0.15) is 17.2 Å². The first-order valence-electron chi connectivity index (χ1n) is 10.6. The van der Waals surface area contributed by atoms with Crippen LogP contribution in [0.15, 0.2) is 64.1 Å². The first-order valence-corrected chi connectivity index (χ1v) is 15.8. The molecule has 0 aliphatic rings. The predicted molar refractivity (Wildman–Crippen MR) is 132 cm³/mol. The van der Waals surface area contributed by atoms with Gasteiger partial charge in [0.15, 0.2) is 0 Å². The SMILES string of the molecule is C=C(C)[C@@H](NS(=O)(=O)c1ccc2oc3cc(-n4cc(C[Si](C)(C)C)nn4)ccc3c2c1)C(=O)O. The minimum Gasteiger partial charge on any atom is -0.480 e. The molecule has 0 saturated carbocycles. The van der Waals surface area contributed by atoms with Gasteiger partial charge in [0.05, 0.1) is 30.5 Å². The van der Waals surface area contributed by atoms with Crippen LogP contribution in [-0.4, -0.2) is 48.6 Å². The number of aromatic nitrogens is 3. The second-order valence-electron chi connectivity index (χ2n) is 9.57. The zero-order chi connectivity index (χ0) is 24.8. The van der Waals surface area contributed by atoms with Crippen LogP contribution in [-0.2, 0) is 20.9 Å². The Morgan fingerprint density at radius 3 is 2.56 bits per heavy atom. The van der Waals surface area contributed by atoms with E-state index in [0.717, 1.165) is 22.8 Å². The van der Waals surface area contributed by atoms with E-state index >= 15 is 0 Å². The zero-order valence-electron chi connectivity index (χ0n) is 19.4. The Morgan fingerprint density at radius 2 is 1.91 bits per heavy atom. The summed E-state index contributed by atoms with van der Waals surface area (Å²) in [5.41, 5.74) is 2.99. The van der Waals surface area contributed by atoms with Crippen molar-refractivity contribution in [3.05, 3.63) is 60.4 Å². The minimum atomic E-state index is -4.10. The molecule has 34 heavy (non-hydrogen) atoms. The van der Waals surface area contributed by atoms with Crippen LogP contribution >= 0.6 is 0 Å². The van der Waals surface area contributed by atoms with Crippen molar-refractivity contribution in [1.29, 1.82) is 0 Å². The quantitative estimate of drug-likeness (QED) is 0.279. The van der Waals surface area contributed by atoms with Gasteiger partial charge in [0, 0.05) is 16.8 Å². The number of carboxylic acids is 1. The molecule has 0 saturated heterocycles. The molecular formula is C23H26N4O5SSi. The molecule has 0 unspecified atom stereocenters. The number of furan rings is 1. The molecule has 9 nitrogen and oxygen atoms in total. The van der Waals surface area contributed by atoms with Crippen LogP contribution in [0.3, 0.4) is 0 Å². The lowest BCUT2D eigenvalue weighted by Crippen LogP contribution is -2.41. The van der Waals surface area contributed by atoms with Gasteiger partial charge in [-0.1, -0.05) is 37.0 Å². The highest BCUT2D eigenvalue weighted by molar-refractivity contribution is 7.89. The number of aliphatic carboxylic acids is 1. The summed E-state index contributed by atoms with van der Waals surface area (Å²) in [5.74, 6) is -1.32. The van der Waals surface area contributed by atoms with Gasteiger partial charge in [0.25, 0.3) is 0 Å². The minimum absolute atomic E-state index is 0.0634. The number of hydrogen-bond acceptors (Lipinski definition) is 6. The molecule has 0 amide bonds. The second-order valence-corrected chi connectivity index (χ2v) is 16.8. The van der Waals surface area contributed by atoms with Gasteiger partial charge in [-0.15, -0.1) is 5.10 Å². The van der Waals surface area contributed by atoms with Crippen molar-refractivity contribution in [2.24, 2.45) is 0 Å². The van der Waals surface area contributed by atoms with Crippen molar-refractivity contribution in [3.63, 3.8) is 0 Å². The van der Waals surface area contributed by atoms with Crippen LogP contribution in [0.1, 0.15) is 12.6 Å². The van der Waals surface area contributed by atoms with Crippen LogP contribution in [0.25, 0.3) is 27.6 Å². The molecule has 4 rings (SSSR count). The number of rotatable bonds is 8. The van der Waals surface area contributed by atoms with E-state index in [9.17, 15) is 18.3 Å². The van der Waals surface area contributed by atoms with Crippen LogP contribution in [0, 0.1) is 0 Å². The Kier molecular flexibility index (Phi) is 5.96. The van der Waals surface area contributed by atoms with Crippen LogP contribution in [0.2, 0.25) is 19.6 Å². The summed E-state index contributed by atoms with van der Waals surface area (Å²) in [7, 11) is -5.43. The summed E-state index contributed by atoms with van der Waals surface area (Å²) < 4.78 is 35.5. The second kappa shape index (κ2) is 8.49. The molecule has 178 valence electrons. The Bertz CT molecular complexity index is 1520. The maximum absolute atomic E-state index is 12.8. The summed E-state index contributed by atoms with van der Waals surface area (Å²) >= 11 is 0. The van der Waals surface area contributed by atoms with Crippen molar-refractivity contribution in [1.82, 2.24) is 19.7 Å². The highest BCUT2D eigenvalue weighted by Gasteiger charge is 2.26. The van der Waals surface area contributed by atoms with E-state index < -0.39 is 30.1 Å². The summed E-state index contributed by atoms with van der Waals surface area (Å²) in [5, 5.41) is 19.2. The monoisotopic (exact) mass is 498 g/mol. The molecule has 0 radical (unpaired) electrons. The van der Waals surface area contributed by atoms with Crippen LogP contribution in [0.5, 0.6) is 0 Å². The standard InChI is InChI=1S/C23H26N4O5SSi/c1-14(2)22(23(28)29)25-33(30,31)17-7-9-20-19(11-17)18-8-6-16(10-21(18)32-20)27-12-15(24-26-27)13-34(3,4)5/h6-12,22,25H,1,13H2,2-5H3,(H,28,29)/t22-/m1/s1. The van der Waals surface area contributed by atoms with E-state index in [4.69, 9.17) is 4.42 Å². The topological polar surface area (TPSA) is 127 Å². The lowest BCUT2D eigenvalue weighted by Gasteiger charge is -2.14. The third-order valence-corrected chi connectivity index (χ3v) is 8.11. The number of carbonyl (C=O) groups is 1. The molecule has 1 atom stereocenters. The van der Waals surface area contributed by atoms with Gasteiger partial charge in [-0.3, -0.25) is 4.79 Å². The fourth-order valence-corrected chi connectivity index (χ4v) is 6.21. The van der Waals surface area contributed by atoms with E-state index in [1.54, 1.807) is 10.7 Å². The molecule has 2 N–H and O–H groups in total. The number of sulfonamides is 1. The number of benzene rings is 2. The average molecular weight is 499 g/mol. The smallest absolute Gasteiger partial charge is 0.325 e. The van der Waals surface area contributed by atoms with Crippen molar-refractivity contribution < 1.29 is 22.7 Å². The molecule has 0 spiro atoms. The Morgan fingerprint density at radius 1 is 1.18 bits per heavy atom. The largest absolute Gasteiger partial charge is 0.480 e. The third kappa shape index (κ3) is 4.81. The lowest BCUT2D eigenvalue weighted by molar-refractivity contribution is -0.137. The van der Waals surface area contributed by atoms with E-state index in [2.05, 4.69) is 41.3 Å². The number of nitrogens with one attached hydrogen (secondary N) is 1. The first kappa shape index (κ1) is 23.9.